The Hall–Kier alpha value is -1.41. The standard InChI is InChI=1S/C14H18O2/c1-2-6-13(9-10-15)11-16-12-14-7-4-3-5-8-14/h2-5,7-8,10,13H,1,6,9,11-12H2/t13-/m1/s1. The Bertz CT molecular complexity index is 296. The third-order valence-corrected chi connectivity index (χ3v) is 2.39. The predicted molar refractivity (Wildman–Crippen MR) is 65.1 cm³/mol. The van der Waals surface area contributed by atoms with Crippen LogP contribution in [0.4, 0.5) is 0 Å². The van der Waals surface area contributed by atoms with Gasteiger partial charge < -0.3 is 9.53 Å². The summed E-state index contributed by atoms with van der Waals surface area (Å²) in [4.78, 5) is 10.4. The van der Waals surface area contributed by atoms with Crippen molar-refractivity contribution in [3.8, 4) is 0 Å². The maximum atomic E-state index is 10.4. The van der Waals surface area contributed by atoms with Crippen LogP contribution in [0.25, 0.3) is 0 Å². The topological polar surface area (TPSA) is 26.3 Å². The lowest BCUT2D eigenvalue weighted by Crippen LogP contribution is -2.09. The summed E-state index contributed by atoms with van der Waals surface area (Å²) in [6.07, 6.45) is 4.15. The molecular formula is C14H18O2. The fourth-order valence-corrected chi connectivity index (χ4v) is 1.52. The molecule has 1 aromatic carbocycles. The Morgan fingerprint density at radius 2 is 2.00 bits per heavy atom. The zero-order chi connectivity index (χ0) is 11.6. The molecular weight excluding hydrogens is 200 g/mol. The first-order valence-electron chi connectivity index (χ1n) is 5.53. The molecule has 0 spiro atoms. The molecule has 0 aromatic heterocycles. The molecule has 0 radical (unpaired) electrons. The number of allylic oxidation sites excluding steroid dienone is 1. The number of benzene rings is 1. The molecule has 16 heavy (non-hydrogen) atoms. The van der Waals surface area contributed by atoms with Crippen LogP contribution in [-0.4, -0.2) is 12.9 Å². The first-order chi connectivity index (χ1) is 7.86. The van der Waals surface area contributed by atoms with Gasteiger partial charge in [-0.15, -0.1) is 6.58 Å². The van der Waals surface area contributed by atoms with Crippen molar-refractivity contribution in [2.24, 2.45) is 5.92 Å². The smallest absolute Gasteiger partial charge is 0.120 e. The second-order valence-corrected chi connectivity index (χ2v) is 3.79. The summed E-state index contributed by atoms with van der Waals surface area (Å²) in [6.45, 7) is 4.89. The van der Waals surface area contributed by atoms with Crippen molar-refractivity contribution >= 4 is 6.29 Å². The van der Waals surface area contributed by atoms with Gasteiger partial charge in [0.2, 0.25) is 0 Å². The fraction of sp³-hybridized carbons (Fsp3) is 0.357. The van der Waals surface area contributed by atoms with Gasteiger partial charge in [-0.05, 0) is 17.9 Å². The highest BCUT2D eigenvalue weighted by atomic mass is 16.5. The van der Waals surface area contributed by atoms with Crippen LogP contribution >= 0.6 is 0 Å². The van der Waals surface area contributed by atoms with Crippen LogP contribution in [0.3, 0.4) is 0 Å². The van der Waals surface area contributed by atoms with Crippen molar-refractivity contribution in [3.63, 3.8) is 0 Å². The van der Waals surface area contributed by atoms with Gasteiger partial charge in [-0.3, -0.25) is 0 Å². The third-order valence-electron chi connectivity index (χ3n) is 2.39. The van der Waals surface area contributed by atoms with Crippen LogP contribution in [0.5, 0.6) is 0 Å². The maximum Gasteiger partial charge on any atom is 0.120 e. The minimum atomic E-state index is 0.263. The van der Waals surface area contributed by atoms with Gasteiger partial charge in [-0.2, -0.15) is 0 Å². The van der Waals surface area contributed by atoms with Crippen molar-refractivity contribution in [1.82, 2.24) is 0 Å². The third kappa shape index (κ3) is 4.89. The van der Waals surface area contributed by atoms with Gasteiger partial charge in [0.05, 0.1) is 13.2 Å². The van der Waals surface area contributed by atoms with Crippen LogP contribution in [-0.2, 0) is 16.1 Å². The number of rotatable bonds is 8. The minimum Gasteiger partial charge on any atom is -0.376 e. The van der Waals surface area contributed by atoms with Gasteiger partial charge in [0.15, 0.2) is 0 Å². The van der Waals surface area contributed by atoms with Crippen molar-refractivity contribution < 1.29 is 9.53 Å². The molecule has 2 nitrogen and oxygen atoms in total. The number of carbonyl (C=O) groups is 1. The lowest BCUT2D eigenvalue weighted by Gasteiger charge is -2.12. The van der Waals surface area contributed by atoms with E-state index in [1.807, 2.05) is 36.4 Å². The maximum absolute atomic E-state index is 10.4. The lowest BCUT2D eigenvalue weighted by molar-refractivity contribution is -0.109. The summed E-state index contributed by atoms with van der Waals surface area (Å²) in [7, 11) is 0. The molecule has 2 heteroatoms. The highest BCUT2D eigenvalue weighted by Gasteiger charge is 2.06. The van der Waals surface area contributed by atoms with Gasteiger partial charge in [0, 0.05) is 6.42 Å². The van der Waals surface area contributed by atoms with E-state index in [4.69, 9.17) is 4.74 Å². The number of carbonyl (C=O) groups excluding carboxylic acids is 1. The summed E-state index contributed by atoms with van der Waals surface area (Å²) in [5.74, 6) is 0.263. The minimum absolute atomic E-state index is 0.263. The summed E-state index contributed by atoms with van der Waals surface area (Å²) in [5, 5.41) is 0. The normalized spacial score (nSPS) is 12.0. The zero-order valence-corrected chi connectivity index (χ0v) is 9.47. The molecule has 0 aliphatic rings. The molecule has 0 saturated carbocycles. The lowest BCUT2D eigenvalue weighted by atomic mass is 10.0. The molecule has 0 amide bonds. The van der Waals surface area contributed by atoms with Crippen LogP contribution < -0.4 is 0 Å². The molecule has 1 aromatic rings. The Kier molecular flexibility index (Phi) is 6.19. The summed E-state index contributed by atoms with van der Waals surface area (Å²) >= 11 is 0. The SMILES string of the molecule is C=CC[C@H](CC=O)COCc1ccccc1. The van der Waals surface area contributed by atoms with Gasteiger partial charge >= 0.3 is 0 Å². The van der Waals surface area contributed by atoms with Gasteiger partial charge in [-0.1, -0.05) is 36.4 Å². The molecule has 0 bridgehead atoms. The van der Waals surface area contributed by atoms with E-state index < -0.39 is 0 Å². The van der Waals surface area contributed by atoms with Crippen LogP contribution in [0.15, 0.2) is 43.0 Å². The first kappa shape index (κ1) is 12.7. The average molecular weight is 218 g/mol. The predicted octanol–water partition coefficient (Wildman–Crippen LogP) is 2.98. The van der Waals surface area contributed by atoms with Crippen molar-refractivity contribution in [1.29, 1.82) is 0 Å². The Morgan fingerprint density at radius 1 is 1.25 bits per heavy atom. The van der Waals surface area contributed by atoms with Crippen molar-refractivity contribution in [3.05, 3.63) is 48.6 Å². The van der Waals surface area contributed by atoms with E-state index in [1.54, 1.807) is 0 Å². The highest BCUT2D eigenvalue weighted by molar-refractivity contribution is 5.49. The number of hydrogen-bond acceptors (Lipinski definition) is 2. The van der Waals surface area contributed by atoms with Gasteiger partial charge in [0.25, 0.3) is 0 Å². The van der Waals surface area contributed by atoms with E-state index >= 15 is 0 Å². The van der Waals surface area contributed by atoms with Crippen LogP contribution in [0.2, 0.25) is 0 Å². The fourth-order valence-electron chi connectivity index (χ4n) is 1.52. The Morgan fingerprint density at radius 3 is 2.62 bits per heavy atom. The summed E-state index contributed by atoms with van der Waals surface area (Å²) < 4.78 is 5.58. The highest BCUT2D eigenvalue weighted by Crippen LogP contribution is 2.10. The molecule has 0 unspecified atom stereocenters. The molecule has 1 atom stereocenters. The van der Waals surface area contributed by atoms with E-state index in [-0.39, 0.29) is 5.92 Å². The number of aldehydes is 1. The monoisotopic (exact) mass is 218 g/mol. The Labute approximate surface area is 96.9 Å². The van der Waals surface area contributed by atoms with E-state index in [0.717, 1.165) is 18.3 Å². The summed E-state index contributed by atoms with van der Waals surface area (Å²) in [6, 6.07) is 10.0. The summed E-state index contributed by atoms with van der Waals surface area (Å²) in [5.41, 5.74) is 1.16. The Balaban J connectivity index is 2.27. The zero-order valence-electron chi connectivity index (χ0n) is 9.47. The van der Waals surface area contributed by atoms with Gasteiger partial charge in [-0.25, -0.2) is 0 Å². The second kappa shape index (κ2) is 7.83. The van der Waals surface area contributed by atoms with Gasteiger partial charge in [0.1, 0.15) is 6.29 Å². The quantitative estimate of drug-likeness (QED) is 0.495. The van der Waals surface area contributed by atoms with Crippen LogP contribution in [0, 0.1) is 5.92 Å². The molecule has 86 valence electrons. The van der Waals surface area contributed by atoms with Crippen molar-refractivity contribution in [2.75, 3.05) is 6.61 Å². The van der Waals surface area contributed by atoms with E-state index in [0.29, 0.717) is 19.6 Å². The molecule has 1 rings (SSSR count). The van der Waals surface area contributed by atoms with Crippen molar-refractivity contribution in [2.45, 2.75) is 19.4 Å². The molecule has 0 saturated heterocycles. The molecule has 0 heterocycles. The molecule has 0 aliphatic carbocycles. The number of ether oxygens (including phenoxy) is 1. The van der Waals surface area contributed by atoms with E-state index in [1.165, 1.54) is 0 Å². The van der Waals surface area contributed by atoms with E-state index in [9.17, 15) is 4.79 Å². The molecule has 0 N–H and O–H groups in total. The van der Waals surface area contributed by atoms with Crippen LogP contribution in [0.1, 0.15) is 18.4 Å². The molecule has 0 aliphatic heterocycles. The molecule has 0 fully saturated rings. The first-order valence-corrected chi connectivity index (χ1v) is 5.53. The largest absolute Gasteiger partial charge is 0.376 e. The van der Waals surface area contributed by atoms with E-state index in [2.05, 4.69) is 6.58 Å². The number of hydrogen-bond donors (Lipinski definition) is 0. The second-order valence-electron chi connectivity index (χ2n) is 3.79. The average Bonchev–Trinajstić information content (AvgIpc) is 2.31.